The van der Waals surface area contributed by atoms with Gasteiger partial charge in [0.25, 0.3) is 0 Å². The van der Waals surface area contributed by atoms with E-state index in [0.29, 0.717) is 5.02 Å². The summed E-state index contributed by atoms with van der Waals surface area (Å²) in [5, 5.41) is 9.61. The highest BCUT2D eigenvalue weighted by atomic mass is 35.5. The van der Waals surface area contributed by atoms with Gasteiger partial charge < -0.3 is 0 Å². The van der Waals surface area contributed by atoms with Crippen molar-refractivity contribution in [1.29, 1.82) is 0 Å². The monoisotopic (exact) mass is 370 g/mol. The van der Waals surface area contributed by atoms with Crippen LogP contribution in [-0.2, 0) is 0 Å². The number of nitrogens with zero attached hydrogens (tertiary/aromatic N) is 4. The van der Waals surface area contributed by atoms with Gasteiger partial charge in [-0.15, -0.1) is 5.10 Å². The first-order valence-corrected chi connectivity index (χ1v) is 9.06. The zero-order chi connectivity index (χ0) is 18.4. The Hall–Kier alpha value is -3.24. The Labute approximate surface area is 161 Å². The molecule has 27 heavy (non-hydrogen) atoms. The van der Waals surface area contributed by atoms with E-state index >= 15 is 0 Å². The van der Waals surface area contributed by atoms with Crippen molar-refractivity contribution in [3.63, 3.8) is 0 Å². The molecule has 2 aromatic heterocycles. The van der Waals surface area contributed by atoms with Crippen molar-refractivity contribution < 1.29 is 0 Å². The summed E-state index contributed by atoms with van der Waals surface area (Å²) >= 11 is 6.51. The molecule has 0 aliphatic rings. The molecular weight excluding hydrogens is 356 g/mol. The fourth-order valence-electron chi connectivity index (χ4n) is 3.37. The van der Waals surface area contributed by atoms with Crippen molar-refractivity contribution >= 4 is 28.2 Å². The number of fused-ring (bicyclic) bond motifs is 3. The first-order valence-electron chi connectivity index (χ1n) is 8.68. The summed E-state index contributed by atoms with van der Waals surface area (Å²) in [6.07, 6.45) is 0. The minimum atomic E-state index is 0.651. The Kier molecular flexibility index (Phi) is 3.66. The lowest BCUT2D eigenvalue weighted by Crippen LogP contribution is -1.98. The van der Waals surface area contributed by atoms with E-state index in [4.69, 9.17) is 16.6 Å². The minimum Gasteiger partial charge on any atom is -0.244 e. The molecule has 5 rings (SSSR count). The van der Waals surface area contributed by atoms with Crippen LogP contribution < -0.4 is 0 Å². The fourth-order valence-corrected chi connectivity index (χ4v) is 3.59. The lowest BCUT2D eigenvalue weighted by atomic mass is 10.1. The van der Waals surface area contributed by atoms with Gasteiger partial charge >= 0.3 is 0 Å². The molecule has 5 heteroatoms. The molecule has 4 nitrogen and oxygen atoms in total. The predicted molar refractivity (Wildman–Crippen MR) is 109 cm³/mol. The Morgan fingerprint density at radius 1 is 0.852 bits per heavy atom. The average Bonchev–Trinajstić information content (AvgIpc) is 3.14. The molecule has 0 fully saturated rings. The SMILES string of the molecule is Cc1ccc2nc(-c3ccccc3Cl)c3c(-c4ccccc4)nnn3c2c1. The first-order chi connectivity index (χ1) is 13.2. The molecule has 0 radical (unpaired) electrons. The summed E-state index contributed by atoms with van der Waals surface area (Å²) < 4.78 is 1.87. The van der Waals surface area contributed by atoms with Crippen molar-refractivity contribution in [2.24, 2.45) is 0 Å². The van der Waals surface area contributed by atoms with Crippen LogP contribution in [0.1, 0.15) is 5.56 Å². The number of rotatable bonds is 2. The molecule has 0 amide bonds. The number of hydrogen-bond acceptors (Lipinski definition) is 3. The summed E-state index contributed by atoms with van der Waals surface area (Å²) in [6.45, 7) is 2.06. The molecule has 0 saturated carbocycles. The molecule has 0 saturated heterocycles. The highest BCUT2D eigenvalue weighted by Gasteiger charge is 2.19. The van der Waals surface area contributed by atoms with Crippen LogP contribution in [0.25, 0.3) is 39.1 Å². The first kappa shape index (κ1) is 16.0. The maximum absolute atomic E-state index is 6.51. The highest BCUT2D eigenvalue weighted by molar-refractivity contribution is 6.33. The molecule has 0 aliphatic heterocycles. The summed E-state index contributed by atoms with van der Waals surface area (Å²) in [6, 6.07) is 23.9. The Morgan fingerprint density at radius 2 is 1.63 bits per heavy atom. The maximum atomic E-state index is 6.51. The second kappa shape index (κ2) is 6.18. The van der Waals surface area contributed by atoms with Gasteiger partial charge in [-0.1, -0.05) is 71.4 Å². The summed E-state index contributed by atoms with van der Waals surface area (Å²) in [7, 11) is 0. The van der Waals surface area contributed by atoms with E-state index in [1.165, 1.54) is 0 Å². The van der Waals surface area contributed by atoms with Crippen LogP contribution in [0.3, 0.4) is 0 Å². The molecule has 130 valence electrons. The normalized spacial score (nSPS) is 11.3. The van der Waals surface area contributed by atoms with Gasteiger partial charge in [-0.3, -0.25) is 0 Å². The van der Waals surface area contributed by atoms with Crippen LogP contribution >= 0.6 is 11.6 Å². The van der Waals surface area contributed by atoms with E-state index in [1.54, 1.807) is 0 Å². The van der Waals surface area contributed by atoms with Crippen molar-refractivity contribution in [3.8, 4) is 22.5 Å². The van der Waals surface area contributed by atoms with E-state index in [0.717, 1.165) is 44.6 Å². The summed E-state index contributed by atoms with van der Waals surface area (Å²) in [5.41, 5.74) is 7.21. The second-order valence-electron chi connectivity index (χ2n) is 6.50. The smallest absolute Gasteiger partial charge is 0.123 e. The van der Waals surface area contributed by atoms with Crippen LogP contribution in [0.5, 0.6) is 0 Å². The van der Waals surface area contributed by atoms with Crippen molar-refractivity contribution in [2.75, 3.05) is 0 Å². The van der Waals surface area contributed by atoms with E-state index in [1.807, 2.05) is 71.2 Å². The predicted octanol–water partition coefficient (Wildman–Crippen LogP) is 5.57. The maximum Gasteiger partial charge on any atom is 0.123 e. The molecule has 3 aromatic carbocycles. The van der Waals surface area contributed by atoms with E-state index in [-0.39, 0.29) is 0 Å². The van der Waals surface area contributed by atoms with Gasteiger partial charge in [-0.25, -0.2) is 9.50 Å². The number of hydrogen-bond donors (Lipinski definition) is 0. The van der Waals surface area contributed by atoms with Gasteiger partial charge in [0.1, 0.15) is 16.9 Å². The zero-order valence-electron chi connectivity index (χ0n) is 14.6. The number of benzene rings is 3. The van der Waals surface area contributed by atoms with Crippen LogP contribution in [0.15, 0.2) is 72.8 Å². The second-order valence-corrected chi connectivity index (χ2v) is 6.90. The molecule has 0 aliphatic carbocycles. The van der Waals surface area contributed by atoms with E-state index in [2.05, 4.69) is 23.3 Å². The van der Waals surface area contributed by atoms with Crippen LogP contribution in [0.2, 0.25) is 5.02 Å². The Balaban J connectivity index is 1.96. The highest BCUT2D eigenvalue weighted by Crippen LogP contribution is 2.35. The molecule has 0 bridgehead atoms. The summed E-state index contributed by atoms with van der Waals surface area (Å²) in [4.78, 5) is 4.95. The number of aryl methyl sites for hydroxylation is 1. The number of halogens is 1. The van der Waals surface area contributed by atoms with Crippen LogP contribution in [0.4, 0.5) is 0 Å². The van der Waals surface area contributed by atoms with Gasteiger partial charge in [-0.2, -0.15) is 0 Å². The molecule has 0 unspecified atom stereocenters. The standard InChI is InChI=1S/C22H15ClN4/c1-14-11-12-18-19(13-14)27-22(20(25-26-27)15-7-3-2-4-8-15)21(24-18)16-9-5-6-10-17(16)23/h2-13H,1H3. The van der Waals surface area contributed by atoms with Gasteiger partial charge in [0, 0.05) is 11.1 Å². The minimum absolute atomic E-state index is 0.651. The third-order valence-electron chi connectivity index (χ3n) is 4.66. The average molecular weight is 371 g/mol. The lowest BCUT2D eigenvalue weighted by molar-refractivity contribution is 0.881. The largest absolute Gasteiger partial charge is 0.244 e. The van der Waals surface area contributed by atoms with E-state index < -0.39 is 0 Å². The third kappa shape index (κ3) is 2.57. The summed E-state index contributed by atoms with van der Waals surface area (Å²) in [5.74, 6) is 0. The fraction of sp³-hybridized carbons (Fsp3) is 0.0455. The molecular formula is C22H15ClN4. The molecule has 0 atom stereocenters. The quantitative estimate of drug-likeness (QED) is 0.407. The van der Waals surface area contributed by atoms with Crippen molar-refractivity contribution in [3.05, 3.63) is 83.4 Å². The topological polar surface area (TPSA) is 43.1 Å². The van der Waals surface area contributed by atoms with Crippen molar-refractivity contribution in [1.82, 2.24) is 19.8 Å². The zero-order valence-corrected chi connectivity index (χ0v) is 15.4. The van der Waals surface area contributed by atoms with Gasteiger partial charge in [-0.05, 0) is 30.7 Å². The van der Waals surface area contributed by atoms with Crippen molar-refractivity contribution in [2.45, 2.75) is 6.92 Å². The molecule has 5 aromatic rings. The van der Waals surface area contributed by atoms with Crippen LogP contribution in [-0.4, -0.2) is 19.8 Å². The lowest BCUT2D eigenvalue weighted by Gasteiger charge is -2.10. The Morgan fingerprint density at radius 3 is 2.44 bits per heavy atom. The Bertz CT molecular complexity index is 1290. The van der Waals surface area contributed by atoms with Gasteiger partial charge in [0.05, 0.1) is 16.1 Å². The van der Waals surface area contributed by atoms with Gasteiger partial charge in [0.2, 0.25) is 0 Å². The molecule has 2 heterocycles. The van der Waals surface area contributed by atoms with E-state index in [9.17, 15) is 0 Å². The third-order valence-corrected chi connectivity index (χ3v) is 4.99. The van der Waals surface area contributed by atoms with Gasteiger partial charge in [0.15, 0.2) is 0 Å². The molecule has 0 spiro atoms. The number of aromatic nitrogens is 4. The van der Waals surface area contributed by atoms with Crippen LogP contribution in [0, 0.1) is 6.92 Å². The molecule has 0 N–H and O–H groups in total.